The van der Waals surface area contributed by atoms with E-state index in [1.165, 1.54) is 22.2 Å². The van der Waals surface area contributed by atoms with E-state index in [2.05, 4.69) is 24.1 Å². The quantitative estimate of drug-likeness (QED) is 0.726. The van der Waals surface area contributed by atoms with Crippen molar-refractivity contribution in [3.63, 3.8) is 0 Å². The van der Waals surface area contributed by atoms with E-state index < -0.39 is 0 Å². The smallest absolute Gasteiger partial charge is 0.164 e. The third-order valence-electron chi connectivity index (χ3n) is 4.87. The first-order chi connectivity index (χ1) is 12.7. The van der Waals surface area contributed by atoms with Crippen LogP contribution in [0, 0.1) is 5.92 Å². The van der Waals surface area contributed by atoms with Gasteiger partial charge in [0.1, 0.15) is 10.6 Å². The third kappa shape index (κ3) is 3.31. The molecule has 4 rings (SSSR count). The first-order valence-corrected chi connectivity index (χ1v) is 9.95. The van der Waals surface area contributed by atoms with E-state index in [0.29, 0.717) is 6.61 Å². The monoisotopic (exact) mass is 368 g/mol. The van der Waals surface area contributed by atoms with E-state index in [9.17, 15) is 0 Å². The van der Waals surface area contributed by atoms with Crippen LogP contribution < -0.4 is 5.32 Å². The maximum Gasteiger partial charge on any atom is 0.164 e. The highest BCUT2D eigenvalue weighted by molar-refractivity contribution is 7.19. The fourth-order valence-corrected chi connectivity index (χ4v) is 4.98. The molecule has 136 valence electrons. The van der Waals surface area contributed by atoms with E-state index in [0.717, 1.165) is 40.8 Å². The molecule has 1 N–H and O–H groups in total. The molecule has 0 unspecified atom stereocenters. The first-order valence-electron chi connectivity index (χ1n) is 9.14. The molecule has 2 atom stereocenters. The number of pyridine rings is 1. The summed E-state index contributed by atoms with van der Waals surface area (Å²) in [6.07, 6.45) is 7.08. The molecule has 3 aromatic heterocycles. The maximum absolute atomic E-state index is 5.30. The van der Waals surface area contributed by atoms with Crippen LogP contribution in [0.2, 0.25) is 0 Å². The van der Waals surface area contributed by atoms with Crippen LogP contribution in [0.15, 0.2) is 24.5 Å². The van der Waals surface area contributed by atoms with Crippen molar-refractivity contribution in [3.8, 4) is 11.4 Å². The van der Waals surface area contributed by atoms with Crippen LogP contribution in [0.25, 0.3) is 21.6 Å². The highest BCUT2D eigenvalue weighted by Crippen LogP contribution is 2.41. The first kappa shape index (κ1) is 17.4. The Kier molecular flexibility index (Phi) is 4.87. The number of methoxy groups -OCH3 is 1. The molecule has 3 heterocycles. The number of aromatic nitrogens is 3. The van der Waals surface area contributed by atoms with E-state index in [4.69, 9.17) is 14.7 Å². The van der Waals surface area contributed by atoms with Crippen LogP contribution in [0.5, 0.6) is 0 Å². The number of hydrogen-bond donors (Lipinski definition) is 1. The molecule has 26 heavy (non-hydrogen) atoms. The average molecular weight is 369 g/mol. The van der Waals surface area contributed by atoms with Crippen LogP contribution in [-0.2, 0) is 17.6 Å². The second-order valence-corrected chi connectivity index (χ2v) is 8.25. The fraction of sp³-hybridized carbons (Fsp3) is 0.450. The number of hydrogen-bond acceptors (Lipinski definition) is 6. The molecule has 0 aliphatic heterocycles. The molecular formula is C20H24N4OS. The highest BCUT2D eigenvalue weighted by Gasteiger charge is 2.24. The van der Waals surface area contributed by atoms with Crippen LogP contribution in [-0.4, -0.2) is 34.7 Å². The molecule has 0 bridgehead atoms. The minimum absolute atomic E-state index is 0.179. The van der Waals surface area contributed by atoms with Gasteiger partial charge >= 0.3 is 0 Å². The molecule has 5 nitrogen and oxygen atoms in total. The topological polar surface area (TPSA) is 59.9 Å². The highest BCUT2D eigenvalue weighted by atomic mass is 32.1. The Bertz CT molecular complexity index is 909. The zero-order valence-electron chi connectivity index (χ0n) is 15.5. The van der Waals surface area contributed by atoms with Gasteiger partial charge in [0.05, 0.1) is 12.0 Å². The van der Waals surface area contributed by atoms with Crippen LogP contribution in [0.3, 0.4) is 0 Å². The summed E-state index contributed by atoms with van der Waals surface area (Å²) in [5, 5.41) is 4.75. The van der Waals surface area contributed by atoms with Gasteiger partial charge in [-0.15, -0.1) is 11.3 Å². The summed E-state index contributed by atoms with van der Waals surface area (Å²) in [6, 6.07) is 4.11. The Morgan fingerprint density at radius 2 is 2.27 bits per heavy atom. The maximum atomic E-state index is 5.30. The Labute approximate surface area is 157 Å². The van der Waals surface area contributed by atoms with Gasteiger partial charge in [0.15, 0.2) is 5.82 Å². The summed E-state index contributed by atoms with van der Waals surface area (Å²) in [6.45, 7) is 5.08. The van der Waals surface area contributed by atoms with Crippen molar-refractivity contribution in [2.24, 2.45) is 5.92 Å². The Balaban J connectivity index is 1.86. The molecule has 0 saturated heterocycles. The molecule has 0 spiro atoms. The molecule has 1 aliphatic rings. The third-order valence-corrected chi connectivity index (χ3v) is 6.02. The van der Waals surface area contributed by atoms with Crippen molar-refractivity contribution in [3.05, 3.63) is 35.0 Å². The van der Waals surface area contributed by atoms with Crippen LogP contribution >= 0.6 is 11.3 Å². The minimum atomic E-state index is 0.179. The van der Waals surface area contributed by atoms with Crippen molar-refractivity contribution in [1.82, 2.24) is 15.0 Å². The molecule has 0 amide bonds. The lowest BCUT2D eigenvalue weighted by atomic mass is 9.89. The standard InChI is InChI=1S/C20H24N4OS/c1-12-6-7-15-16(9-12)26-20-17(15)19(22-13(2)11-25-3)23-18(24-20)14-5-4-8-21-10-14/h4-5,8,10,12-13H,6-7,9,11H2,1-3H3,(H,22,23,24)/t12-,13+/m1/s1. The zero-order valence-corrected chi connectivity index (χ0v) is 16.3. The van der Waals surface area contributed by atoms with Gasteiger partial charge in [-0.1, -0.05) is 6.92 Å². The number of nitrogens with zero attached hydrogens (tertiary/aromatic N) is 3. The molecule has 6 heteroatoms. The van der Waals surface area contributed by atoms with Crippen molar-refractivity contribution in [2.75, 3.05) is 19.0 Å². The van der Waals surface area contributed by atoms with Crippen molar-refractivity contribution >= 4 is 27.4 Å². The molecule has 0 aromatic carbocycles. The second-order valence-electron chi connectivity index (χ2n) is 7.17. The van der Waals surface area contributed by atoms with Gasteiger partial charge in [-0.3, -0.25) is 4.98 Å². The number of fused-ring (bicyclic) bond motifs is 3. The van der Waals surface area contributed by atoms with Crippen LogP contribution in [0.1, 0.15) is 30.7 Å². The number of nitrogens with one attached hydrogen (secondary N) is 1. The zero-order chi connectivity index (χ0) is 18.1. The van der Waals surface area contributed by atoms with Gasteiger partial charge in [0, 0.05) is 36.0 Å². The van der Waals surface area contributed by atoms with Crippen molar-refractivity contribution in [1.29, 1.82) is 0 Å². The fourth-order valence-electron chi connectivity index (χ4n) is 3.60. The molecule has 0 saturated carbocycles. The van der Waals surface area contributed by atoms with E-state index in [1.807, 2.05) is 29.7 Å². The Morgan fingerprint density at radius 3 is 3.04 bits per heavy atom. The second kappa shape index (κ2) is 7.29. The van der Waals surface area contributed by atoms with E-state index in [1.54, 1.807) is 13.3 Å². The predicted octanol–water partition coefficient (Wildman–Crippen LogP) is 4.32. The largest absolute Gasteiger partial charge is 0.383 e. The van der Waals surface area contributed by atoms with Gasteiger partial charge in [0.2, 0.25) is 0 Å². The summed E-state index contributed by atoms with van der Waals surface area (Å²) in [7, 11) is 1.72. The molecule has 1 aliphatic carbocycles. The Morgan fingerprint density at radius 1 is 1.38 bits per heavy atom. The molecule has 3 aromatic rings. The van der Waals surface area contributed by atoms with Crippen molar-refractivity contribution < 1.29 is 4.74 Å². The summed E-state index contributed by atoms with van der Waals surface area (Å²) < 4.78 is 5.30. The number of aryl methyl sites for hydroxylation is 1. The lowest BCUT2D eigenvalue weighted by molar-refractivity contribution is 0.190. The summed E-state index contributed by atoms with van der Waals surface area (Å²) in [4.78, 5) is 16.5. The van der Waals surface area contributed by atoms with E-state index in [-0.39, 0.29) is 6.04 Å². The number of anilines is 1. The lowest BCUT2D eigenvalue weighted by Gasteiger charge is -2.19. The van der Waals surface area contributed by atoms with Gasteiger partial charge < -0.3 is 10.1 Å². The van der Waals surface area contributed by atoms with E-state index >= 15 is 0 Å². The van der Waals surface area contributed by atoms with Gasteiger partial charge in [0.25, 0.3) is 0 Å². The summed E-state index contributed by atoms with van der Waals surface area (Å²) in [5.41, 5.74) is 2.38. The van der Waals surface area contributed by atoms with Gasteiger partial charge in [-0.05, 0) is 49.8 Å². The molecule has 0 fully saturated rings. The number of thiophene rings is 1. The predicted molar refractivity (Wildman–Crippen MR) is 107 cm³/mol. The summed E-state index contributed by atoms with van der Waals surface area (Å²) >= 11 is 1.82. The minimum Gasteiger partial charge on any atom is -0.383 e. The van der Waals surface area contributed by atoms with Gasteiger partial charge in [-0.2, -0.15) is 0 Å². The molecular weight excluding hydrogens is 344 g/mol. The molecule has 0 radical (unpaired) electrons. The van der Waals surface area contributed by atoms with Gasteiger partial charge in [-0.25, -0.2) is 9.97 Å². The van der Waals surface area contributed by atoms with Crippen molar-refractivity contribution in [2.45, 2.75) is 39.2 Å². The average Bonchev–Trinajstić information content (AvgIpc) is 3.00. The van der Waals surface area contributed by atoms with Crippen LogP contribution in [0.4, 0.5) is 5.82 Å². The summed E-state index contributed by atoms with van der Waals surface area (Å²) in [5.74, 6) is 2.39. The normalized spacial score (nSPS) is 17.9. The SMILES string of the molecule is COC[C@H](C)Nc1nc(-c2cccnc2)nc2sc3c(c12)CC[C@@H](C)C3. The number of rotatable bonds is 5. The Hall–Kier alpha value is -2.05. The lowest BCUT2D eigenvalue weighted by Crippen LogP contribution is -2.22. The number of ether oxygens (including phenoxy) is 1.